The van der Waals surface area contributed by atoms with Crippen LogP contribution in [0.15, 0.2) is 30.3 Å². The standard InChI is InChI=1S/C15H19NO3/c17-13(16-11-12-7-3-1-4-8-12)15(14(18)19)9-5-2-6-10-15/h1,3-4,7-8H,2,5-6,9-11H2,(H,16,17)(H,18,19). The van der Waals surface area contributed by atoms with Gasteiger partial charge in [0.1, 0.15) is 5.41 Å². The molecule has 1 fully saturated rings. The lowest BCUT2D eigenvalue weighted by molar-refractivity contribution is -0.158. The molecule has 0 heterocycles. The number of carbonyl (C=O) groups excluding carboxylic acids is 1. The van der Waals surface area contributed by atoms with Crippen molar-refractivity contribution in [2.75, 3.05) is 0 Å². The van der Waals surface area contributed by atoms with Crippen LogP contribution in [-0.4, -0.2) is 17.0 Å². The van der Waals surface area contributed by atoms with E-state index in [1.54, 1.807) is 0 Å². The van der Waals surface area contributed by atoms with Gasteiger partial charge in [0.25, 0.3) is 0 Å². The Kier molecular flexibility index (Phi) is 4.20. The summed E-state index contributed by atoms with van der Waals surface area (Å²) < 4.78 is 0. The van der Waals surface area contributed by atoms with Crippen LogP contribution < -0.4 is 5.32 Å². The van der Waals surface area contributed by atoms with Crippen LogP contribution in [0, 0.1) is 5.41 Å². The Bertz CT molecular complexity index is 450. The van der Waals surface area contributed by atoms with Crippen molar-refractivity contribution in [1.29, 1.82) is 0 Å². The van der Waals surface area contributed by atoms with Gasteiger partial charge in [-0.1, -0.05) is 49.6 Å². The molecular weight excluding hydrogens is 242 g/mol. The summed E-state index contributed by atoms with van der Waals surface area (Å²) in [6.07, 6.45) is 3.53. The van der Waals surface area contributed by atoms with Crippen molar-refractivity contribution in [2.45, 2.75) is 38.6 Å². The Hall–Kier alpha value is -1.84. The molecule has 2 rings (SSSR count). The molecule has 2 N–H and O–H groups in total. The fourth-order valence-corrected chi connectivity index (χ4v) is 2.64. The van der Waals surface area contributed by atoms with Crippen LogP contribution in [0.5, 0.6) is 0 Å². The van der Waals surface area contributed by atoms with Crippen molar-refractivity contribution in [3.05, 3.63) is 35.9 Å². The first-order valence-corrected chi connectivity index (χ1v) is 6.71. The summed E-state index contributed by atoms with van der Waals surface area (Å²) in [4.78, 5) is 23.7. The summed E-state index contributed by atoms with van der Waals surface area (Å²) in [5.41, 5.74) is -0.236. The van der Waals surface area contributed by atoms with Gasteiger partial charge >= 0.3 is 5.97 Å². The van der Waals surface area contributed by atoms with Crippen LogP contribution in [-0.2, 0) is 16.1 Å². The van der Waals surface area contributed by atoms with Crippen molar-refractivity contribution in [3.63, 3.8) is 0 Å². The van der Waals surface area contributed by atoms with E-state index in [-0.39, 0.29) is 5.91 Å². The zero-order valence-electron chi connectivity index (χ0n) is 10.9. The molecule has 4 heteroatoms. The number of nitrogens with one attached hydrogen (secondary N) is 1. The van der Waals surface area contributed by atoms with Gasteiger partial charge in [-0.15, -0.1) is 0 Å². The molecule has 1 aromatic carbocycles. The quantitative estimate of drug-likeness (QED) is 0.817. The number of hydrogen-bond donors (Lipinski definition) is 2. The van der Waals surface area contributed by atoms with E-state index in [2.05, 4.69) is 5.32 Å². The third-order valence-electron chi connectivity index (χ3n) is 3.85. The van der Waals surface area contributed by atoms with E-state index in [1.807, 2.05) is 30.3 Å². The molecule has 0 saturated heterocycles. The fourth-order valence-electron chi connectivity index (χ4n) is 2.64. The molecule has 0 atom stereocenters. The van der Waals surface area contributed by atoms with Gasteiger partial charge in [0.05, 0.1) is 0 Å². The predicted molar refractivity (Wildman–Crippen MR) is 71.4 cm³/mol. The number of carbonyl (C=O) groups is 2. The molecule has 1 amide bonds. The second kappa shape index (κ2) is 5.87. The third kappa shape index (κ3) is 2.95. The molecule has 0 spiro atoms. The highest BCUT2D eigenvalue weighted by Crippen LogP contribution is 2.36. The zero-order chi connectivity index (χ0) is 13.7. The Balaban J connectivity index is 2.02. The Labute approximate surface area is 112 Å². The smallest absolute Gasteiger partial charge is 0.319 e. The van der Waals surface area contributed by atoms with Gasteiger partial charge in [-0.3, -0.25) is 9.59 Å². The predicted octanol–water partition coefficient (Wildman–Crippen LogP) is 2.34. The average Bonchev–Trinajstić information content (AvgIpc) is 2.46. The molecule has 0 aromatic heterocycles. The van der Waals surface area contributed by atoms with Crippen LogP contribution >= 0.6 is 0 Å². The first kappa shape index (κ1) is 13.6. The number of hydrogen-bond acceptors (Lipinski definition) is 2. The molecular formula is C15H19NO3. The van der Waals surface area contributed by atoms with Crippen molar-refractivity contribution in [1.82, 2.24) is 5.32 Å². The maximum atomic E-state index is 12.2. The third-order valence-corrected chi connectivity index (χ3v) is 3.85. The van der Waals surface area contributed by atoms with Crippen LogP contribution in [0.4, 0.5) is 0 Å². The number of amides is 1. The zero-order valence-corrected chi connectivity index (χ0v) is 10.9. The van der Waals surface area contributed by atoms with E-state index in [4.69, 9.17) is 0 Å². The lowest BCUT2D eigenvalue weighted by Crippen LogP contribution is -2.47. The minimum atomic E-state index is -1.22. The first-order valence-electron chi connectivity index (χ1n) is 6.71. The summed E-state index contributed by atoms with van der Waals surface area (Å²) in [6, 6.07) is 9.53. The van der Waals surface area contributed by atoms with Gasteiger partial charge in [-0.05, 0) is 18.4 Å². The average molecular weight is 261 g/mol. The maximum absolute atomic E-state index is 12.2. The Morgan fingerprint density at radius 2 is 1.74 bits per heavy atom. The SMILES string of the molecule is O=C(O)C1(C(=O)NCc2ccccc2)CCCCC1. The van der Waals surface area contributed by atoms with Gasteiger partial charge in [-0.2, -0.15) is 0 Å². The Morgan fingerprint density at radius 1 is 1.11 bits per heavy atom. The number of carboxylic acids is 1. The van der Waals surface area contributed by atoms with Crippen LogP contribution in [0.3, 0.4) is 0 Å². The molecule has 0 aliphatic heterocycles. The van der Waals surface area contributed by atoms with Gasteiger partial charge in [0.15, 0.2) is 0 Å². The Morgan fingerprint density at radius 3 is 2.32 bits per heavy atom. The van der Waals surface area contributed by atoms with E-state index in [0.717, 1.165) is 24.8 Å². The van der Waals surface area contributed by atoms with Crippen molar-refractivity contribution in [3.8, 4) is 0 Å². The summed E-state index contributed by atoms with van der Waals surface area (Å²) >= 11 is 0. The van der Waals surface area contributed by atoms with E-state index >= 15 is 0 Å². The number of rotatable bonds is 4. The van der Waals surface area contributed by atoms with Gasteiger partial charge < -0.3 is 10.4 Å². The second-order valence-corrected chi connectivity index (χ2v) is 5.12. The summed E-state index contributed by atoms with van der Waals surface area (Å²) in [5.74, 6) is -1.33. The molecule has 1 aliphatic rings. The lowest BCUT2D eigenvalue weighted by Gasteiger charge is -2.31. The molecule has 1 saturated carbocycles. The highest BCUT2D eigenvalue weighted by molar-refractivity contribution is 6.01. The monoisotopic (exact) mass is 261 g/mol. The van der Waals surface area contributed by atoms with E-state index in [0.29, 0.717) is 19.4 Å². The number of benzene rings is 1. The largest absolute Gasteiger partial charge is 0.480 e. The highest BCUT2D eigenvalue weighted by Gasteiger charge is 2.46. The van der Waals surface area contributed by atoms with Crippen LogP contribution in [0.25, 0.3) is 0 Å². The molecule has 0 unspecified atom stereocenters. The van der Waals surface area contributed by atoms with Crippen molar-refractivity contribution < 1.29 is 14.7 Å². The molecule has 19 heavy (non-hydrogen) atoms. The second-order valence-electron chi connectivity index (χ2n) is 5.12. The first-order chi connectivity index (χ1) is 9.15. The number of carboxylic acid groups (broad SMARTS) is 1. The minimum absolute atomic E-state index is 0.344. The molecule has 4 nitrogen and oxygen atoms in total. The van der Waals surface area contributed by atoms with Gasteiger partial charge in [-0.25, -0.2) is 0 Å². The van der Waals surface area contributed by atoms with Crippen LogP contribution in [0.1, 0.15) is 37.7 Å². The van der Waals surface area contributed by atoms with Crippen molar-refractivity contribution >= 4 is 11.9 Å². The summed E-state index contributed by atoms with van der Waals surface area (Å²) in [6.45, 7) is 0.384. The van der Waals surface area contributed by atoms with E-state index in [1.165, 1.54) is 0 Å². The van der Waals surface area contributed by atoms with E-state index < -0.39 is 11.4 Å². The van der Waals surface area contributed by atoms with Crippen molar-refractivity contribution in [2.24, 2.45) is 5.41 Å². The summed E-state index contributed by atoms with van der Waals surface area (Å²) in [7, 11) is 0. The fraction of sp³-hybridized carbons (Fsp3) is 0.467. The van der Waals surface area contributed by atoms with Gasteiger partial charge in [0.2, 0.25) is 5.91 Å². The lowest BCUT2D eigenvalue weighted by atomic mass is 9.73. The molecule has 102 valence electrons. The molecule has 1 aliphatic carbocycles. The molecule has 0 bridgehead atoms. The minimum Gasteiger partial charge on any atom is -0.480 e. The molecule has 1 aromatic rings. The highest BCUT2D eigenvalue weighted by atomic mass is 16.4. The van der Waals surface area contributed by atoms with Gasteiger partial charge in [0, 0.05) is 6.54 Å². The topological polar surface area (TPSA) is 66.4 Å². The molecule has 0 radical (unpaired) electrons. The maximum Gasteiger partial charge on any atom is 0.319 e. The summed E-state index contributed by atoms with van der Waals surface area (Å²) in [5, 5.41) is 12.2. The van der Waals surface area contributed by atoms with Crippen LogP contribution in [0.2, 0.25) is 0 Å². The normalized spacial score (nSPS) is 17.7. The number of aliphatic carboxylic acids is 1. The van der Waals surface area contributed by atoms with E-state index in [9.17, 15) is 14.7 Å².